The molecule has 0 unspecified atom stereocenters. The van der Waals surface area contributed by atoms with Gasteiger partial charge in [0.15, 0.2) is 0 Å². The zero-order valence-corrected chi connectivity index (χ0v) is 24.3. The van der Waals surface area contributed by atoms with Gasteiger partial charge in [0.1, 0.15) is 12.6 Å². The Morgan fingerprint density at radius 3 is 2.18 bits per heavy atom. The topological polar surface area (TPSA) is 86.8 Å². The van der Waals surface area contributed by atoms with Crippen LogP contribution in [0.4, 0.5) is 5.69 Å². The standard InChI is InChI=1S/C31H39N3O4S/c1-6-7-19-32-31(36)26(5)33(21-27-11-9-8-10-12-27)30(35)22-34(29-20-24(3)13-16-25(29)4)39(37,38)28-17-14-23(2)15-18-28/h8-18,20,26H,6-7,19,21-22H2,1-5H3,(H,32,36)/t26-/m1/s1. The molecular weight excluding hydrogens is 510 g/mol. The third-order valence-electron chi connectivity index (χ3n) is 6.71. The smallest absolute Gasteiger partial charge is 0.264 e. The third-order valence-corrected chi connectivity index (χ3v) is 8.49. The molecule has 0 bridgehead atoms. The number of carbonyl (C=O) groups excluding carboxylic acids is 2. The van der Waals surface area contributed by atoms with Crippen molar-refractivity contribution in [1.82, 2.24) is 10.2 Å². The molecule has 0 saturated carbocycles. The maximum Gasteiger partial charge on any atom is 0.264 e. The van der Waals surface area contributed by atoms with E-state index in [0.29, 0.717) is 12.2 Å². The normalized spacial score (nSPS) is 12.0. The van der Waals surface area contributed by atoms with Gasteiger partial charge in [-0.1, -0.05) is 73.5 Å². The Kier molecular flexibility index (Phi) is 10.3. The number of unbranched alkanes of at least 4 members (excludes halogenated alkanes) is 1. The quantitative estimate of drug-likeness (QED) is 0.317. The molecule has 3 aromatic rings. The van der Waals surface area contributed by atoms with Gasteiger partial charge >= 0.3 is 0 Å². The predicted octanol–water partition coefficient (Wildman–Crippen LogP) is 5.14. The molecule has 0 aliphatic rings. The number of aryl methyl sites for hydroxylation is 3. The molecule has 1 N–H and O–H groups in total. The number of nitrogens with one attached hydrogen (secondary N) is 1. The predicted molar refractivity (Wildman–Crippen MR) is 156 cm³/mol. The summed E-state index contributed by atoms with van der Waals surface area (Å²) in [6, 6.07) is 20.7. The molecule has 3 aromatic carbocycles. The molecule has 2 amide bonds. The van der Waals surface area contributed by atoms with Crippen molar-refractivity contribution in [1.29, 1.82) is 0 Å². The molecule has 8 heteroatoms. The summed E-state index contributed by atoms with van der Waals surface area (Å²) in [5, 5.41) is 2.90. The van der Waals surface area contributed by atoms with Crippen LogP contribution in [0.25, 0.3) is 0 Å². The third kappa shape index (κ3) is 7.69. The highest BCUT2D eigenvalue weighted by Crippen LogP contribution is 2.28. The van der Waals surface area contributed by atoms with Crippen molar-refractivity contribution in [2.45, 2.75) is 64.9 Å². The van der Waals surface area contributed by atoms with E-state index in [1.165, 1.54) is 9.21 Å². The van der Waals surface area contributed by atoms with Gasteiger partial charge in [-0.3, -0.25) is 13.9 Å². The highest BCUT2D eigenvalue weighted by molar-refractivity contribution is 7.92. The SMILES string of the molecule is CCCCNC(=O)[C@@H](C)N(Cc1ccccc1)C(=O)CN(c1cc(C)ccc1C)S(=O)(=O)c1ccc(C)cc1. The van der Waals surface area contributed by atoms with Gasteiger partial charge in [0, 0.05) is 13.1 Å². The first kappa shape index (κ1) is 29.9. The molecule has 7 nitrogen and oxygen atoms in total. The van der Waals surface area contributed by atoms with Gasteiger partial charge in [-0.05, 0) is 69.0 Å². The zero-order valence-electron chi connectivity index (χ0n) is 23.5. The fourth-order valence-electron chi connectivity index (χ4n) is 4.24. The van der Waals surface area contributed by atoms with Crippen LogP contribution < -0.4 is 9.62 Å². The summed E-state index contributed by atoms with van der Waals surface area (Å²) in [4.78, 5) is 28.6. The van der Waals surface area contributed by atoms with E-state index in [9.17, 15) is 18.0 Å². The maximum absolute atomic E-state index is 14.0. The molecule has 1 atom stereocenters. The number of rotatable bonds is 12. The van der Waals surface area contributed by atoms with Gasteiger partial charge < -0.3 is 10.2 Å². The van der Waals surface area contributed by atoms with Crippen molar-refractivity contribution < 1.29 is 18.0 Å². The zero-order chi connectivity index (χ0) is 28.6. The van der Waals surface area contributed by atoms with Gasteiger partial charge in [-0.15, -0.1) is 0 Å². The van der Waals surface area contributed by atoms with E-state index in [1.54, 1.807) is 37.3 Å². The fraction of sp³-hybridized carbons (Fsp3) is 0.355. The summed E-state index contributed by atoms with van der Waals surface area (Å²) >= 11 is 0. The molecule has 0 aliphatic heterocycles. The van der Waals surface area contributed by atoms with Crippen LogP contribution >= 0.6 is 0 Å². The van der Waals surface area contributed by atoms with Crippen molar-refractivity contribution >= 4 is 27.5 Å². The van der Waals surface area contributed by atoms with E-state index < -0.39 is 28.5 Å². The van der Waals surface area contributed by atoms with E-state index in [4.69, 9.17) is 0 Å². The van der Waals surface area contributed by atoms with Gasteiger partial charge in [0.2, 0.25) is 11.8 Å². The average molecular weight is 550 g/mol. The van der Waals surface area contributed by atoms with Gasteiger partial charge in [0.25, 0.3) is 10.0 Å². The number of benzene rings is 3. The molecule has 0 aliphatic carbocycles. The minimum Gasteiger partial charge on any atom is -0.354 e. The minimum absolute atomic E-state index is 0.0989. The van der Waals surface area contributed by atoms with Crippen LogP contribution in [0.3, 0.4) is 0 Å². The Hall–Kier alpha value is -3.65. The Labute approximate surface area is 232 Å². The second-order valence-electron chi connectivity index (χ2n) is 9.94. The summed E-state index contributed by atoms with van der Waals surface area (Å²) < 4.78 is 29.1. The van der Waals surface area contributed by atoms with Crippen LogP contribution in [-0.2, 0) is 26.2 Å². The largest absolute Gasteiger partial charge is 0.354 e. The summed E-state index contributed by atoms with van der Waals surface area (Å²) in [7, 11) is -4.09. The molecule has 0 fully saturated rings. The number of hydrogen-bond acceptors (Lipinski definition) is 4. The molecule has 0 radical (unpaired) electrons. The molecule has 0 heterocycles. The maximum atomic E-state index is 14.0. The van der Waals surface area contributed by atoms with E-state index in [2.05, 4.69) is 5.32 Å². The Balaban J connectivity index is 2.03. The van der Waals surface area contributed by atoms with Gasteiger partial charge in [0.05, 0.1) is 10.6 Å². The van der Waals surface area contributed by atoms with Crippen molar-refractivity contribution in [3.63, 3.8) is 0 Å². The second kappa shape index (κ2) is 13.4. The molecule has 0 aromatic heterocycles. The number of amides is 2. The molecule has 0 spiro atoms. The number of anilines is 1. The lowest BCUT2D eigenvalue weighted by Crippen LogP contribution is -2.51. The average Bonchev–Trinajstić information content (AvgIpc) is 2.92. The molecule has 0 saturated heterocycles. The number of nitrogens with zero attached hydrogens (tertiary/aromatic N) is 2. The number of hydrogen-bond donors (Lipinski definition) is 1. The van der Waals surface area contributed by atoms with Crippen molar-refractivity contribution in [3.8, 4) is 0 Å². The fourth-order valence-corrected chi connectivity index (χ4v) is 5.71. The lowest BCUT2D eigenvalue weighted by molar-refractivity contribution is -0.139. The van der Waals surface area contributed by atoms with E-state index in [0.717, 1.165) is 35.1 Å². The molecule has 208 valence electrons. The number of sulfonamides is 1. The first-order valence-electron chi connectivity index (χ1n) is 13.3. The van der Waals surface area contributed by atoms with Crippen LogP contribution in [0.5, 0.6) is 0 Å². The Bertz CT molecular complexity index is 1370. The molecular formula is C31H39N3O4S. The van der Waals surface area contributed by atoms with E-state index in [1.807, 2.05) is 70.2 Å². The van der Waals surface area contributed by atoms with Crippen LogP contribution in [0.15, 0.2) is 77.7 Å². The Morgan fingerprint density at radius 2 is 1.54 bits per heavy atom. The van der Waals surface area contributed by atoms with Crippen molar-refractivity contribution in [2.24, 2.45) is 0 Å². The van der Waals surface area contributed by atoms with Crippen LogP contribution in [0.1, 0.15) is 48.9 Å². The van der Waals surface area contributed by atoms with E-state index >= 15 is 0 Å². The number of carbonyl (C=O) groups is 2. The van der Waals surface area contributed by atoms with Crippen LogP contribution in [0.2, 0.25) is 0 Å². The monoisotopic (exact) mass is 549 g/mol. The summed E-state index contributed by atoms with van der Waals surface area (Å²) in [5.41, 5.74) is 3.81. The summed E-state index contributed by atoms with van der Waals surface area (Å²) in [5.74, 6) is -0.735. The van der Waals surface area contributed by atoms with Gasteiger partial charge in [-0.2, -0.15) is 0 Å². The van der Waals surface area contributed by atoms with Gasteiger partial charge in [-0.25, -0.2) is 8.42 Å². The molecule has 39 heavy (non-hydrogen) atoms. The lowest BCUT2D eigenvalue weighted by atomic mass is 10.1. The minimum atomic E-state index is -4.09. The van der Waals surface area contributed by atoms with Crippen LogP contribution in [0, 0.1) is 20.8 Å². The van der Waals surface area contributed by atoms with Crippen LogP contribution in [-0.4, -0.2) is 44.3 Å². The first-order chi connectivity index (χ1) is 18.5. The summed E-state index contributed by atoms with van der Waals surface area (Å²) in [6.45, 7) is 9.55. The molecule has 3 rings (SSSR count). The summed E-state index contributed by atoms with van der Waals surface area (Å²) in [6.07, 6.45) is 1.77. The second-order valence-corrected chi connectivity index (χ2v) is 11.8. The first-order valence-corrected chi connectivity index (χ1v) is 14.8. The lowest BCUT2D eigenvalue weighted by Gasteiger charge is -2.32. The highest BCUT2D eigenvalue weighted by Gasteiger charge is 2.33. The Morgan fingerprint density at radius 1 is 0.897 bits per heavy atom. The highest BCUT2D eigenvalue weighted by atomic mass is 32.2. The van der Waals surface area contributed by atoms with Crippen molar-refractivity contribution in [3.05, 3.63) is 95.1 Å². The van der Waals surface area contributed by atoms with E-state index in [-0.39, 0.29) is 17.3 Å². The van der Waals surface area contributed by atoms with Crippen molar-refractivity contribution in [2.75, 3.05) is 17.4 Å².